The predicted molar refractivity (Wildman–Crippen MR) is 72.1 cm³/mol. The molecule has 0 aromatic carbocycles. The number of likely N-dealkylation sites (N-methyl/N-ethyl adjacent to an activating group) is 1. The van der Waals surface area contributed by atoms with Crippen LogP contribution in [-0.2, 0) is 4.79 Å². The second kappa shape index (κ2) is 11.8. The van der Waals surface area contributed by atoms with Crippen LogP contribution < -0.4 is 0 Å². The molecule has 92 valence electrons. The molecule has 0 fully saturated rings. The molecule has 0 aliphatic rings. The van der Waals surface area contributed by atoms with Gasteiger partial charge in [0.1, 0.15) is 6.29 Å². The molecule has 0 saturated carbocycles. The van der Waals surface area contributed by atoms with Crippen molar-refractivity contribution in [2.75, 3.05) is 7.05 Å². The lowest BCUT2D eigenvalue weighted by atomic mass is 10.1. The highest BCUT2D eigenvalue weighted by Gasteiger charge is 1.93. The van der Waals surface area contributed by atoms with Crippen molar-refractivity contribution in [3.8, 4) is 0 Å². The van der Waals surface area contributed by atoms with E-state index in [1.54, 1.807) is 6.20 Å². The first kappa shape index (κ1) is 17.1. The van der Waals surface area contributed by atoms with E-state index in [1.807, 2.05) is 31.0 Å². The summed E-state index contributed by atoms with van der Waals surface area (Å²) in [5.74, 6) is 0.581. The normalized spacial score (nSPS) is 11.2. The van der Waals surface area contributed by atoms with Gasteiger partial charge in [-0.15, -0.1) is 0 Å². The van der Waals surface area contributed by atoms with Crippen LogP contribution in [0.5, 0.6) is 0 Å². The molecule has 1 atom stereocenters. The van der Waals surface area contributed by atoms with Crippen molar-refractivity contribution in [3.63, 3.8) is 0 Å². The van der Waals surface area contributed by atoms with E-state index in [1.165, 1.54) is 0 Å². The Hall–Kier alpha value is -1.31. The van der Waals surface area contributed by atoms with Crippen LogP contribution in [0.4, 0.5) is 0 Å². The van der Waals surface area contributed by atoms with Crippen molar-refractivity contribution in [2.45, 2.75) is 33.6 Å². The largest absolute Gasteiger partial charge is 0.352 e. The zero-order chi connectivity index (χ0) is 13.0. The van der Waals surface area contributed by atoms with E-state index in [9.17, 15) is 4.79 Å². The molecule has 2 heteroatoms. The Balaban J connectivity index is 0. The molecular formula is C14H25NO. The standard InChI is InChI=1S/C8H13N.C6H12O/c1-5-7-8(3)9(4)6-2;1-3-6(2)4-5-7/h5-7H,2-3H2,1,4H3;5-6H,3-4H2,1-2H3/b7-5-;. The highest BCUT2D eigenvalue weighted by molar-refractivity contribution is 5.49. The van der Waals surface area contributed by atoms with Crippen molar-refractivity contribution in [3.05, 3.63) is 37.2 Å². The van der Waals surface area contributed by atoms with E-state index < -0.39 is 0 Å². The van der Waals surface area contributed by atoms with Crippen molar-refractivity contribution < 1.29 is 4.79 Å². The molecule has 0 aliphatic heterocycles. The van der Waals surface area contributed by atoms with Crippen molar-refractivity contribution >= 4 is 6.29 Å². The number of aldehydes is 1. The van der Waals surface area contributed by atoms with Crippen LogP contribution in [0, 0.1) is 5.92 Å². The fourth-order valence-corrected chi connectivity index (χ4v) is 0.758. The third-order valence-electron chi connectivity index (χ3n) is 2.28. The van der Waals surface area contributed by atoms with Crippen molar-refractivity contribution in [1.82, 2.24) is 4.90 Å². The van der Waals surface area contributed by atoms with Gasteiger partial charge in [-0.2, -0.15) is 0 Å². The summed E-state index contributed by atoms with van der Waals surface area (Å²) in [4.78, 5) is 11.6. The van der Waals surface area contributed by atoms with E-state index in [2.05, 4.69) is 27.0 Å². The topological polar surface area (TPSA) is 20.3 Å². The van der Waals surface area contributed by atoms with Gasteiger partial charge in [0.05, 0.1) is 0 Å². The summed E-state index contributed by atoms with van der Waals surface area (Å²) < 4.78 is 0. The SMILES string of the molecule is C=CN(C)C(=C)/C=C\C.CCC(C)CC=O. The molecule has 0 rings (SSSR count). The Bertz CT molecular complexity index is 231. The first-order chi connectivity index (χ1) is 7.53. The molecule has 0 bridgehead atoms. The zero-order valence-corrected chi connectivity index (χ0v) is 11.1. The maximum atomic E-state index is 9.77. The fraction of sp³-hybridized carbons (Fsp3) is 0.500. The minimum atomic E-state index is 0.581. The van der Waals surface area contributed by atoms with Gasteiger partial charge in [-0.3, -0.25) is 0 Å². The van der Waals surface area contributed by atoms with Crippen LogP contribution >= 0.6 is 0 Å². The monoisotopic (exact) mass is 223 g/mol. The van der Waals surface area contributed by atoms with E-state index in [0.29, 0.717) is 5.92 Å². The van der Waals surface area contributed by atoms with E-state index in [-0.39, 0.29) is 0 Å². The molecule has 1 unspecified atom stereocenters. The smallest absolute Gasteiger partial charge is 0.120 e. The number of carbonyl (C=O) groups excluding carboxylic acids is 1. The van der Waals surface area contributed by atoms with Crippen LogP contribution in [-0.4, -0.2) is 18.2 Å². The first-order valence-corrected chi connectivity index (χ1v) is 5.64. The molecule has 0 spiro atoms. The third kappa shape index (κ3) is 10.8. The fourth-order valence-electron chi connectivity index (χ4n) is 0.758. The van der Waals surface area contributed by atoms with Gasteiger partial charge in [0.2, 0.25) is 0 Å². The molecule has 0 aromatic heterocycles. The summed E-state index contributed by atoms with van der Waals surface area (Å²) in [6.45, 7) is 13.5. The van der Waals surface area contributed by atoms with Crippen molar-refractivity contribution in [2.24, 2.45) is 5.92 Å². The molecule has 0 aliphatic carbocycles. The van der Waals surface area contributed by atoms with Crippen LogP contribution in [0.1, 0.15) is 33.6 Å². The van der Waals surface area contributed by atoms with Gasteiger partial charge in [0, 0.05) is 19.2 Å². The first-order valence-electron chi connectivity index (χ1n) is 5.64. The molecule has 0 amide bonds. The molecule has 2 nitrogen and oxygen atoms in total. The molecular weight excluding hydrogens is 198 g/mol. The summed E-state index contributed by atoms with van der Waals surface area (Å²) in [7, 11) is 1.91. The summed E-state index contributed by atoms with van der Waals surface area (Å²) >= 11 is 0. The maximum Gasteiger partial charge on any atom is 0.120 e. The van der Waals surface area contributed by atoms with E-state index in [4.69, 9.17) is 0 Å². The number of allylic oxidation sites excluding steroid dienone is 2. The van der Waals surface area contributed by atoms with Gasteiger partial charge in [0.15, 0.2) is 0 Å². The molecule has 0 N–H and O–H groups in total. The Kier molecular flexibility index (Phi) is 12.6. The van der Waals surface area contributed by atoms with Crippen molar-refractivity contribution in [1.29, 1.82) is 0 Å². The van der Waals surface area contributed by atoms with Gasteiger partial charge in [-0.1, -0.05) is 39.5 Å². The Morgan fingerprint density at radius 1 is 1.50 bits per heavy atom. The highest BCUT2D eigenvalue weighted by atomic mass is 16.1. The quantitative estimate of drug-likeness (QED) is 0.504. The Morgan fingerprint density at radius 3 is 2.31 bits per heavy atom. The highest BCUT2D eigenvalue weighted by Crippen LogP contribution is 2.01. The molecule has 0 radical (unpaired) electrons. The molecule has 0 heterocycles. The van der Waals surface area contributed by atoms with Crippen LogP contribution in [0.15, 0.2) is 37.2 Å². The maximum absolute atomic E-state index is 9.77. The summed E-state index contributed by atoms with van der Waals surface area (Å²) in [5, 5.41) is 0. The predicted octanol–water partition coefficient (Wildman–Crippen LogP) is 3.77. The number of hydrogen-bond donors (Lipinski definition) is 0. The van der Waals surface area contributed by atoms with Gasteiger partial charge in [-0.05, 0) is 25.1 Å². The number of rotatable bonds is 6. The van der Waals surface area contributed by atoms with Crippen LogP contribution in [0.25, 0.3) is 0 Å². The summed E-state index contributed by atoms with van der Waals surface area (Å²) in [6.07, 6.45) is 8.41. The van der Waals surface area contributed by atoms with Crippen LogP contribution in [0.2, 0.25) is 0 Å². The van der Waals surface area contributed by atoms with Gasteiger partial charge in [0.25, 0.3) is 0 Å². The molecule has 0 saturated heterocycles. The number of nitrogens with zero attached hydrogens (tertiary/aromatic N) is 1. The zero-order valence-electron chi connectivity index (χ0n) is 11.1. The summed E-state index contributed by atoms with van der Waals surface area (Å²) in [6, 6.07) is 0. The lowest BCUT2D eigenvalue weighted by Crippen LogP contribution is -2.05. The average molecular weight is 223 g/mol. The minimum Gasteiger partial charge on any atom is -0.352 e. The second-order valence-electron chi connectivity index (χ2n) is 3.70. The number of hydrogen-bond acceptors (Lipinski definition) is 2. The lowest BCUT2D eigenvalue weighted by Gasteiger charge is -2.11. The Labute approximate surface area is 100 Å². The molecule has 16 heavy (non-hydrogen) atoms. The third-order valence-corrected chi connectivity index (χ3v) is 2.28. The van der Waals surface area contributed by atoms with Crippen LogP contribution in [0.3, 0.4) is 0 Å². The van der Waals surface area contributed by atoms with Gasteiger partial charge >= 0.3 is 0 Å². The Morgan fingerprint density at radius 2 is 2.06 bits per heavy atom. The van der Waals surface area contributed by atoms with E-state index in [0.717, 1.165) is 24.8 Å². The lowest BCUT2D eigenvalue weighted by molar-refractivity contribution is -0.108. The second-order valence-corrected chi connectivity index (χ2v) is 3.70. The van der Waals surface area contributed by atoms with E-state index >= 15 is 0 Å². The minimum absolute atomic E-state index is 0.581. The van der Waals surface area contributed by atoms with Gasteiger partial charge in [-0.25, -0.2) is 0 Å². The average Bonchev–Trinajstić information content (AvgIpc) is 2.29. The summed E-state index contributed by atoms with van der Waals surface area (Å²) in [5.41, 5.74) is 0.951. The van der Waals surface area contributed by atoms with Gasteiger partial charge < -0.3 is 9.69 Å². The molecule has 0 aromatic rings. The number of carbonyl (C=O) groups is 1.